The predicted octanol–water partition coefficient (Wildman–Crippen LogP) is 7.08. The number of cyclic esters (lactones) is 1. The van der Waals surface area contributed by atoms with Crippen LogP contribution in [0.4, 0.5) is 0 Å². The molecule has 0 atom stereocenters. The summed E-state index contributed by atoms with van der Waals surface area (Å²) in [7, 11) is 0. The first-order chi connectivity index (χ1) is 16.4. The van der Waals surface area contributed by atoms with Crippen molar-refractivity contribution >= 4 is 68.5 Å². The maximum atomic E-state index is 12.6. The maximum Gasteiger partial charge on any atom is 0.363 e. The van der Waals surface area contributed by atoms with Crippen LogP contribution in [0.25, 0.3) is 16.2 Å². The zero-order valence-corrected chi connectivity index (χ0v) is 20.0. The molecular formula is C26H15Cl2NO4S. The molecule has 1 aliphatic rings. The Balaban J connectivity index is 1.46. The number of hydrogen-bond acceptors (Lipinski definition) is 6. The van der Waals surface area contributed by atoms with Crippen LogP contribution < -0.4 is 4.74 Å². The number of aryl methyl sites for hydroxylation is 1. The summed E-state index contributed by atoms with van der Waals surface area (Å²) in [5, 5.41) is 1.83. The van der Waals surface area contributed by atoms with Gasteiger partial charge in [-0.25, -0.2) is 14.6 Å². The normalized spacial score (nSPS) is 14.4. The number of hydrogen-bond donors (Lipinski definition) is 0. The van der Waals surface area contributed by atoms with Crippen molar-refractivity contribution in [2.75, 3.05) is 0 Å². The van der Waals surface area contributed by atoms with Crippen LogP contribution in [0, 0.1) is 6.92 Å². The zero-order chi connectivity index (χ0) is 23.8. The second kappa shape index (κ2) is 9.06. The second-order valence-corrected chi connectivity index (χ2v) is 9.38. The van der Waals surface area contributed by atoms with Gasteiger partial charge >= 0.3 is 11.9 Å². The molecule has 0 radical (unpaired) electrons. The van der Waals surface area contributed by atoms with E-state index in [-0.39, 0.29) is 11.6 Å². The smallest absolute Gasteiger partial charge is 0.363 e. The molecule has 0 unspecified atom stereocenters. The first kappa shape index (κ1) is 22.3. The van der Waals surface area contributed by atoms with E-state index in [9.17, 15) is 9.59 Å². The van der Waals surface area contributed by atoms with Crippen LogP contribution in [0.15, 0.2) is 77.4 Å². The van der Waals surface area contributed by atoms with Crippen LogP contribution in [0.1, 0.15) is 26.4 Å². The lowest BCUT2D eigenvalue weighted by Crippen LogP contribution is -2.09. The van der Waals surface area contributed by atoms with E-state index in [0.29, 0.717) is 31.8 Å². The van der Waals surface area contributed by atoms with Crippen LogP contribution >= 0.6 is 34.5 Å². The fourth-order valence-corrected chi connectivity index (χ4v) is 5.09. The van der Waals surface area contributed by atoms with E-state index in [1.165, 1.54) is 17.4 Å². The van der Waals surface area contributed by atoms with Crippen molar-refractivity contribution in [1.82, 2.24) is 0 Å². The molecule has 0 bridgehead atoms. The number of halogens is 2. The van der Waals surface area contributed by atoms with Gasteiger partial charge in [0.15, 0.2) is 5.70 Å². The number of ether oxygens (including phenoxy) is 2. The third kappa shape index (κ3) is 4.35. The molecule has 1 aliphatic heterocycles. The minimum atomic E-state index is -0.624. The molecule has 1 aromatic heterocycles. The van der Waals surface area contributed by atoms with Gasteiger partial charge in [0.1, 0.15) is 10.6 Å². The van der Waals surface area contributed by atoms with E-state index in [4.69, 9.17) is 32.7 Å². The molecule has 5 rings (SSSR count). The molecule has 0 amide bonds. The summed E-state index contributed by atoms with van der Waals surface area (Å²) in [5.74, 6) is -0.708. The van der Waals surface area contributed by atoms with Gasteiger partial charge in [0.05, 0.1) is 10.6 Å². The van der Waals surface area contributed by atoms with E-state index in [2.05, 4.69) is 4.99 Å². The maximum absolute atomic E-state index is 12.6. The molecule has 0 N–H and O–H groups in total. The van der Waals surface area contributed by atoms with Crippen molar-refractivity contribution in [1.29, 1.82) is 0 Å². The Morgan fingerprint density at radius 3 is 2.62 bits per heavy atom. The molecule has 0 saturated heterocycles. The molecule has 2 heterocycles. The number of nitrogens with zero attached hydrogens (tertiary/aromatic N) is 1. The lowest BCUT2D eigenvalue weighted by molar-refractivity contribution is -0.129. The minimum absolute atomic E-state index is 0.0698. The molecule has 3 aromatic carbocycles. The van der Waals surface area contributed by atoms with Gasteiger partial charge in [-0.2, -0.15) is 0 Å². The standard InChI is InChI=1S/C26H15Cl2NO4S/c1-14-6-8-15(9-7-14)25(30)32-20-5-3-2-4-16(20)12-19-26(31)33-24(29-19)23-22(28)18-11-10-17(27)13-21(18)34-23/h2-13H,1H3/b19-12+. The van der Waals surface area contributed by atoms with E-state index >= 15 is 0 Å². The van der Waals surface area contributed by atoms with E-state index in [0.717, 1.165) is 15.6 Å². The van der Waals surface area contributed by atoms with Crippen LogP contribution in [-0.4, -0.2) is 17.8 Å². The van der Waals surface area contributed by atoms with Crippen molar-refractivity contribution in [3.63, 3.8) is 0 Å². The Morgan fingerprint density at radius 2 is 1.82 bits per heavy atom. The van der Waals surface area contributed by atoms with Crippen molar-refractivity contribution in [3.8, 4) is 5.75 Å². The lowest BCUT2D eigenvalue weighted by Gasteiger charge is -2.07. The number of benzene rings is 3. The summed E-state index contributed by atoms with van der Waals surface area (Å²) >= 11 is 13.9. The largest absolute Gasteiger partial charge is 0.422 e. The SMILES string of the molecule is Cc1ccc(C(=O)Oc2ccccc2/C=C2/N=C(c3sc4cc(Cl)ccc4c3Cl)OC2=O)cc1. The Labute approximate surface area is 208 Å². The summed E-state index contributed by atoms with van der Waals surface area (Å²) in [5.41, 5.74) is 2.04. The summed E-state index contributed by atoms with van der Waals surface area (Å²) < 4.78 is 11.8. The number of thiophene rings is 1. The van der Waals surface area contributed by atoms with Crippen molar-refractivity contribution < 1.29 is 19.1 Å². The number of aliphatic imine (C=N–C) groups is 1. The average Bonchev–Trinajstić information content (AvgIpc) is 3.34. The molecule has 168 valence electrons. The summed E-state index contributed by atoms with van der Waals surface area (Å²) in [6.07, 6.45) is 1.52. The third-order valence-corrected chi connectivity index (χ3v) is 6.99. The number of esters is 2. The summed E-state index contributed by atoms with van der Waals surface area (Å²) in [4.78, 5) is 30.0. The van der Waals surface area contributed by atoms with E-state index in [1.54, 1.807) is 48.5 Å². The first-order valence-corrected chi connectivity index (χ1v) is 11.7. The lowest BCUT2D eigenvalue weighted by atomic mass is 10.1. The van der Waals surface area contributed by atoms with Crippen LogP contribution in [-0.2, 0) is 9.53 Å². The topological polar surface area (TPSA) is 65.0 Å². The molecule has 34 heavy (non-hydrogen) atoms. The van der Waals surface area contributed by atoms with Gasteiger partial charge < -0.3 is 9.47 Å². The van der Waals surface area contributed by atoms with Crippen molar-refractivity contribution in [2.45, 2.75) is 6.92 Å². The highest BCUT2D eigenvalue weighted by molar-refractivity contribution is 7.21. The number of rotatable bonds is 4. The Bertz CT molecular complexity index is 1520. The molecule has 8 heteroatoms. The zero-order valence-electron chi connectivity index (χ0n) is 17.7. The Morgan fingerprint density at radius 1 is 1.06 bits per heavy atom. The van der Waals surface area contributed by atoms with Gasteiger partial charge in [0, 0.05) is 20.7 Å². The molecule has 0 fully saturated rings. The van der Waals surface area contributed by atoms with E-state index in [1.807, 2.05) is 25.1 Å². The highest BCUT2D eigenvalue weighted by Gasteiger charge is 2.28. The van der Waals surface area contributed by atoms with Crippen molar-refractivity contribution in [2.24, 2.45) is 4.99 Å². The van der Waals surface area contributed by atoms with Gasteiger partial charge in [0.25, 0.3) is 0 Å². The highest BCUT2D eigenvalue weighted by Crippen LogP contribution is 2.38. The fraction of sp³-hybridized carbons (Fsp3) is 0.0385. The van der Waals surface area contributed by atoms with Gasteiger partial charge in [-0.15, -0.1) is 11.3 Å². The fourth-order valence-electron chi connectivity index (χ4n) is 3.37. The quantitative estimate of drug-likeness (QED) is 0.168. The number of para-hydroxylation sites is 1. The van der Waals surface area contributed by atoms with Gasteiger partial charge in [0.2, 0.25) is 5.90 Å². The Kier molecular flexibility index (Phi) is 5.96. The van der Waals surface area contributed by atoms with Gasteiger partial charge in [-0.05, 0) is 43.3 Å². The molecule has 0 saturated carbocycles. The van der Waals surface area contributed by atoms with Crippen LogP contribution in [0.5, 0.6) is 5.75 Å². The predicted molar refractivity (Wildman–Crippen MR) is 135 cm³/mol. The molecular weight excluding hydrogens is 493 g/mol. The van der Waals surface area contributed by atoms with E-state index < -0.39 is 11.9 Å². The first-order valence-electron chi connectivity index (χ1n) is 10.2. The molecule has 4 aromatic rings. The van der Waals surface area contributed by atoms with Crippen LogP contribution in [0.2, 0.25) is 10.0 Å². The van der Waals surface area contributed by atoms with Crippen molar-refractivity contribution in [3.05, 3.63) is 104 Å². The number of fused-ring (bicyclic) bond motifs is 1. The van der Waals surface area contributed by atoms with Gasteiger partial charge in [-0.1, -0.05) is 65.2 Å². The summed E-state index contributed by atoms with van der Waals surface area (Å²) in [6, 6.07) is 19.3. The second-order valence-electron chi connectivity index (χ2n) is 7.52. The highest BCUT2D eigenvalue weighted by atomic mass is 35.5. The van der Waals surface area contributed by atoms with Crippen LogP contribution in [0.3, 0.4) is 0 Å². The average molecular weight is 508 g/mol. The van der Waals surface area contributed by atoms with Gasteiger partial charge in [-0.3, -0.25) is 0 Å². The summed E-state index contributed by atoms with van der Waals surface area (Å²) in [6.45, 7) is 1.94. The number of carbonyl (C=O) groups excluding carboxylic acids is 2. The third-order valence-electron chi connectivity index (χ3n) is 5.11. The molecule has 0 aliphatic carbocycles. The number of carbonyl (C=O) groups is 2. The molecule has 5 nitrogen and oxygen atoms in total. The molecule has 0 spiro atoms. The Hall–Kier alpha value is -3.45. The monoisotopic (exact) mass is 507 g/mol. The minimum Gasteiger partial charge on any atom is -0.422 e.